The molecule has 2 heterocycles. The van der Waals surface area contributed by atoms with Gasteiger partial charge in [0.25, 0.3) is 10.0 Å². The maximum absolute atomic E-state index is 12.9. The second kappa shape index (κ2) is 7.87. The second-order valence-corrected chi connectivity index (χ2v) is 9.55. The Morgan fingerprint density at radius 1 is 1.08 bits per heavy atom. The van der Waals surface area contributed by atoms with Crippen LogP contribution >= 0.6 is 22.9 Å². The first-order chi connectivity index (χ1) is 12.4. The Labute approximate surface area is 160 Å². The summed E-state index contributed by atoms with van der Waals surface area (Å²) >= 11 is 6.84. The van der Waals surface area contributed by atoms with Crippen molar-refractivity contribution in [1.82, 2.24) is 9.21 Å². The molecule has 1 saturated heterocycles. The highest BCUT2D eigenvalue weighted by molar-refractivity contribution is 7.91. The van der Waals surface area contributed by atoms with Gasteiger partial charge in [0, 0.05) is 32.3 Å². The highest BCUT2D eigenvalue weighted by atomic mass is 35.5. The predicted octanol–water partition coefficient (Wildman–Crippen LogP) is 3.09. The molecule has 0 atom stereocenters. The Morgan fingerprint density at radius 3 is 2.31 bits per heavy atom. The van der Waals surface area contributed by atoms with E-state index in [2.05, 4.69) is 0 Å². The monoisotopic (exact) mass is 414 g/mol. The van der Waals surface area contributed by atoms with Crippen molar-refractivity contribution in [3.05, 3.63) is 58.2 Å². The molecule has 1 aromatic heterocycles. The van der Waals surface area contributed by atoms with Crippen LogP contribution in [0.15, 0.2) is 46.7 Å². The number of sulfonamides is 1. The second-order valence-electron chi connectivity index (χ2n) is 5.67. The molecule has 1 aromatic carbocycles. The van der Waals surface area contributed by atoms with Crippen LogP contribution in [0.3, 0.4) is 0 Å². The van der Waals surface area contributed by atoms with E-state index in [1.54, 1.807) is 29.2 Å². The summed E-state index contributed by atoms with van der Waals surface area (Å²) in [6, 6.07) is 8.85. The summed E-state index contributed by atoms with van der Waals surface area (Å²) in [7, 11) is -3.57. The molecular weight excluding hydrogens is 399 g/mol. The zero-order valence-corrected chi connectivity index (χ0v) is 16.0. The lowest BCUT2D eigenvalue weighted by Crippen LogP contribution is -2.50. The molecule has 0 radical (unpaired) electrons. The topological polar surface area (TPSA) is 57.7 Å². The molecular formula is C17H16ClFN2O3S2. The van der Waals surface area contributed by atoms with Crippen LogP contribution in [0.4, 0.5) is 4.39 Å². The third-order valence-electron chi connectivity index (χ3n) is 3.98. The van der Waals surface area contributed by atoms with Gasteiger partial charge in [-0.1, -0.05) is 23.7 Å². The molecule has 1 fully saturated rings. The number of thiophene rings is 1. The molecule has 0 bridgehead atoms. The summed E-state index contributed by atoms with van der Waals surface area (Å²) in [4.78, 5) is 13.8. The Bertz CT molecular complexity index is 918. The Hall–Kier alpha value is -1.74. The quantitative estimate of drug-likeness (QED) is 0.722. The van der Waals surface area contributed by atoms with Crippen LogP contribution in [0.25, 0.3) is 6.08 Å². The van der Waals surface area contributed by atoms with Gasteiger partial charge in [-0.05, 0) is 35.9 Å². The fraction of sp³-hybridized carbons (Fsp3) is 0.235. The minimum atomic E-state index is -3.57. The van der Waals surface area contributed by atoms with E-state index in [-0.39, 0.29) is 29.0 Å². The number of amides is 1. The van der Waals surface area contributed by atoms with Gasteiger partial charge in [0.05, 0.1) is 4.34 Å². The smallest absolute Gasteiger partial charge is 0.252 e. The average molecular weight is 415 g/mol. The lowest BCUT2D eigenvalue weighted by atomic mass is 10.2. The maximum atomic E-state index is 12.9. The van der Waals surface area contributed by atoms with Crippen molar-refractivity contribution in [2.24, 2.45) is 0 Å². The van der Waals surface area contributed by atoms with E-state index in [9.17, 15) is 17.6 Å². The highest BCUT2D eigenvalue weighted by Crippen LogP contribution is 2.28. The van der Waals surface area contributed by atoms with Crippen molar-refractivity contribution >= 4 is 44.9 Å². The molecule has 0 saturated carbocycles. The van der Waals surface area contributed by atoms with Gasteiger partial charge in [-0.25, -0.2) is 12.8 Å². The third kappa shape index (κ3) is 4.32. The summed E-state index contributed by atoms with van der Waals surface area (Å²) in [6.45, 7) is 1.08. The van der Waals surface area contributed by atoms with Gasteiger partial charge in [0.1, 0.15) is 10.0 Å². The Morgan fingerprint density at radius 2 is 1.73 bits per heavy atom. The molecule has 0 N–H and O–H groups in total. The molecule has 1 amide bonds. The zero-order valence-electron chi connectivity index (χ0n) is 13.6. The van der Waals surface area contributed by atoms with Crippen molar-refractivity contribution in [3.63, 3.8) is 0 Å². The van der Waals surface area contributed by atoms with Crippen LogP contribution in [-0.4, -0.2) is 49.7 Å². The highest BCUT2D eigenvalue weighted by Gasteiger charge is 2.30. The van der Waals surface area contributed by atoms with Gasteiger partial charge >= 0.3 is 0 Å². The van der Waals surface area contributed by atoms with Gasteiger partial charge in [0.2, 0.25) is 5.91 Å². The van der Waals surface area contributed by atoms with Gasteiger partial charge < -0.3 is 4.90 Å². The van der Waals surface area contributed by atoms with E-state index in [1.807, 2.05) is 0 Å². The van der Waals surface area contributed by atoms with Crippen molar-refractivity contribution < 1.29 is 17.6 Å². The van der Waals surface area contributed by atoms with E-state index in [1.165, 1.54) is 28.6 Å². The SMILES string of the molecule is O=C(/C=C/c1ccc(F)cc1)N1CCN(S(=O)(=O)c2ccc(Cl)s2)CC1. The first kappa shape index (κ1) is 19.0. The van der Waals surface area contributed by atoms with Gasteiger partial charge in [0.15, 0.2) is 0 Å². The van der Waals surface area contributed by atoms with Gasteiger partial charge in [-0.3, -0.25) is 4.79 Å². The fourth-order valence-corrected chi connectivity index (χ4v) is 5.62. The number of hydrogen-bond acceptors (Lipinski definition) is 4. The summed E-state index contributed by atoms with van der Waals surface area (Å²) < 4.78 is 40.0. The molecule has 1 aliphatic rings. The molecule has 26 heavy (non-hydrogen) atoms. The normalized spacial score (nSPS) is 16.3. The van der Waals surface area contributed by atoms with Crippen LogP contribution in [-0.2, 0) is 14.8 Å². The summed E-state index contributed by atoms with van der Waals surface area (Å²) in [5.41, 5.74) is 0.718. The number of nitrogens with zero attached hydrogens (tertiary/aromatic N) is 2. The molecule has 3 rings (SSSR count). The zero-order chi connectivity index (χ0) is 18.7. The predicted molar refractivity (Wildman–Crippen MR) is 100 cm³/mol. The van der Waals surface area contributed by atoms with Gasteiger partial charge in [-0.15, -0.1) is 11.3 Å². The van der Waals surface area contributed by atoms with E-state index < -0.39 is 10.0 Å². The average Bonchev–Trinajstić information content (AvgIpc) is 3.08. The molecule has 1 aliphatic heterocycles. The third-order valence-corrected chi connectivity index (χ3v) is 7.58. The first-order valence-corrected chi connectivity index (χ1v) is 10.5. The van der Waals surface area contributed by atoms with Crippen LogP contribution < -0.4 is 0 Å². The van der Waals surface area contributed by atoms with Crippen LogP contribution in [0.5, 0.6) is 0 Å². The number of piperazine rings is 1. The van der Waals surface area contributed by atoms with Crippen molar-refractivity contribution in [3.8, 4) is 0 Å². The largest absolute Gasteiger partial charge is 0.337 e. The summed E-state index contributed by atoms with van der Waals surface area (Å²) in [5.74, 6) is -0.539. The number of rotatable bonds is 4. The van der Waals surface area contributed by atoms with Crippen LogP contribution in [0.1, 0.15) is 5.56 Å². The minimum absolute atomic E-state index is 0.203. The number of benzene rings is 1. The number of halogens is 2. The Balaban J connectivity index is 1.59. The number of carbonyl (C=O) groups is 1. The molecule has 5 nitrogen and oxygen atoms in total. The van der Waals surface area contributed by atoms with Crippen LogP contribution in [0.2, 0.25) is 4.34 Å². The minimum Gasteiger partial charge on any atom is -0.337 e. The standard InChI is InChI=1S/C17H16ClFN2O3S2/c18-15-6-8-17(25-15)26(23,24)21-11-9-20(10-12-21)16(22)7-3-13-1-4-14(19)5-2-13/h1-8H,9-12H2/b7-3+. The lowest BCUT2D eigenvalue weighted by molar-refractivity contribution is -0.127. The first-order valence-electron chi connectivity index (χ1n) is 7.84. The van der Waals surface area contributed by atoms with Gasteiger partial charge in [-0.2, -0.15) is 4.31 Å². The maximum Gasteiger partial charge on any atom is 0.252 e. The molecule has 138 valence electrons. The molecule has 0 unspecified atom stereocenters. The summed E-state index contributed by atoms with van der Waals surface area (Å²) in [6.07, 6.45) is 3.02. The van der Waals surface area contributed by atoms with E-state index >= 15 is 0 Å². The molecule has 0 aliphatic carbocycles. The molecule has 2 aromatic rings. The fourth-order valence-electron chi connectivity index (χ4n) is 2.56. The van der Waals surface area contributed by atoms with Crippen molar-refractivity contribution in [2.45, 2.75) is 4.21 Å². The van der Waals surface area contributed by atoms with E-state index in [0.29, 0.717) is 17.4 Å². The summed E-state index contributed by atoms with van der Waals surface area (Å²) in [5, 5.41) is 0. The lowest BCUT2D eigenvalue weighted by Gasteiger charge is -2.33. The number of carbonyl (C=O) groups excluding carboxylic acids is 1. The van der Waals surface area contributed by atoms with E-state index in [4.69, 9.17) is 11.6 Å². The van der Waals surface area contributed by atoms with E-state index in [0.717, 1.165) is 16.9 Å². The Kier molecular flexibility index (Phi) is 5.76. The molecule has 9 heteroatoms. The van der Waals surface area contributed by atoms with Crippen molar-refractivity contribution in [2.75, 3.05) is 26.2 Å². The van der Waals surface area contributed by atoms with Crippen LogP contribution in [0, 0.1) is 5.82 Å². The van der Waals surface area contributed by atoms with Crippen molar-refractivity contribution in [1.29, 1.82) is 0 Å². The molecule has 0 spiro atoms. The number of hydrogen-bond donors (Lipinski definition) is 0.